The molecule has 0 spiro atoms. The lowest BCUT2D eigenvalue weighted by molar-refractivity contribution is -0.140. The average molecular weight is 413 g/mol. The number of aromatic hydroxyl groups is 2. The number of rotatable bonds is 7. The highest BCUT2D eigenvalue weighted by molar-refractivity contribution is 5.97. The minimum absolute atomic E-state index is 0.167. The summed E-state index contributed by atoms with van der Waals surface area (Å²) in [7, 11) is 0. The molecule has 3 amide bonds. The monoisotopic (exact) mass is 413 g/mol. The van der Waals surface area contributed by atoms with E-state index in [0.29, 0.717) is 30.6 Å². The first kappa shape index (κ1) is 20.9. The van der Waals surface area contributed by atoms with Gasteiger partial charge in [-0.2, -0.15) is 0 Å². The predicted octanol–water partition coefficient (Wildman–Crippen LogP) is 0.0379. The number of nitrogens with one attached hydrogen (secondary N) is 2. The average Bonchev–Trinajstić information content (AvgIpc) is 3.39. The number of aromatic amines is 1. The number of amides is 3. The van der Waals surface area contributed by atoms with Crippen molar-refractivity contribution in [1.82, 2.24) is 20.2 Å². The van der Waals surface area contributed by atoms with Crippen LogP contribution in [0, 0.1) is 0 Å². The molecule has 1 saturated heterocycles. The summed E-state index contributed by atoms with van der Waals surface area (Å²) in [5, 5.41) is 21.5. The van der Waals surface area contributed by atoms with E-state index < -0.39 is 29.8 Å². The maximum Gasteiger partial charge on any atom is 0.246 e. The Morgan fingerprint density at radius 2 is 2.13 bits per heavy atom. The summed E-state index contributed by atoms with van der Waals surface area (Å²) in [6.07, 6.45) is 7.00. The first-order chi connectivity index (χ1) is 14.3. The van der Waals surface area contributed by atoms with Crippen molar-refractivity contribution in [3.05, 3.63) is 48.1 Å². The number of hydrogen-bond donors (Lipinski definition) is 5. The van der Waals surface area contributed by atoms with Gasteiger partial charge in [-0.15, -0.1) is 0 Å². The number of hydrogen-bond acceptors (Lipinski definition) is 6. The normalized spacial score (nSPS) is 17.2. The van der Waals surface area contributed by atoms with E-state index in [9.17, 15) is 24.6 Å². The Bertz CT molecular complexity index is 957. The Morgan fingerprint density at radius 1 is 1.33 bits per heavy atom. The van der Waals surface area contributed by atoms with Crippen molar-refractivity contribution < 1.29 is 24.6 Å². The second-order valence-corrected chi connectivity index (χ2v) is 7.02. The quantitative estimate of drug-likeness (QED) is 0.318. The van der Waals surface area contributed by atoms with Crippen LogP contribution in [0.4, 0.5) is 0 Å². The largest absolute Gasteiger partial charge is 0.504 e. The van der Waals surface area contributed by atoms with Gasteiger partial charge >= 0.3 is 0 Å². The van der Waals surface area contributed by atoms with Crippen LogP contribution < -0.4 is 11.1 Å². The molecule has 1 aliphatic heterocycles. The highest BCUT2D eigenvalue weighted by Gasteiger charge is 2.36. The number of aromatic nitrogens is 2. The highest BCUT2D eigenvalue weighted by atomic mass is 16.3. The molecule has 1 aromatic heterocycles. The van der Waals surface area contributed by atoms with E-state index in [-0.39, 0.29) is 17.9 Å². The van der Waals surface area contributed by atoms with E-state index in [1.54, 1.807) is 6.20 Å². The van der Waals surface area contributed by atoms with Crippen LogP contribution in [0.3, 0.4) is 0 Å². The second kappa shape index (κ2) is 9.12. The van der Waals surface area contributed by atoms with Gasteiger partial charge in [0, 0.05) is 30.9 Å². The Balaban J connectivity index is 1.74. The molecule has 3 rings (SSSR count). The first-order valence-electron chi connectivity index (χ1n) is 9.42. The van der Waals surface area contributed by atoms with E-state index in [1.807, 2.05) is 0 Å². The standard InChI is InChI=1S/C20H23N5O5/c21-19(29)15-2-1-7-25(15)20(30)14(9-13-10-22-11-23-13)24-18(28)6-4-12-3-5-16(26)17(27)8-12/h3-6,8,10-11,14-15,26-27H,1-2,7,9H2,(H2,21,29)(H,22,23)(H,24,28)/b6-4+/t14-,15-/m0/s1. The Morgan fingerprint density at radius 3 is 2.80 bits per heavy atom. The highest BCUT2D eigenvalue weighted by Crippen LogP contribution is 2.25. The number of likely N-dealkylation sites (tertiary alicyclic amines) is 1. The Hall–Kier alpha value is -3.82. The summed E-state index contributed by atoms with van der Waals surface area (Å²) in [5.74, 6) is -2.07. The van der Waals surface area contributed by atoms with Crippen LogP contribution in [0.25, 0.3) is 6.08 Å². The van der Waals surface area contributed by atoms with Crippen LogP contribution >= 0.6 is 0 Å². The van der Waals surface area contributed by atoms with Crippen LogP contribution in [0.5, 0.6) is 11.5 Å². The molecule has 1 fully saturated rings. The van der Waals surface area contributed by atoms with Crippen LogP contribution in [0.15, 0.2) is 36.8 Å². The number of carbonyl (C=O) groups excluding carboxylic acids is 3. The second-order valence-electron chi connectivity index (χ2n) is 7.02. The molecule has 30 heavy (non-hydrogen) atoms. The summed E-state index contributed by atoms with van der Waals surface area (Å²) in [5.41, 5.74) is 6.55. The molecule has 1 aliphatic rings. The summed E-state index contributed by atoms with van der Waals surface area (Å²) in [6, 6.07) is 2.52. The molecule has 0 unspecified atom stereocenters. The third-order valence-corrected chi connectivity index (χ3v) is 4.88. The molecular formula is C20H23N5O5. The molecule has 2 atom stereocenters. The van der Waals surface area contributed by atoms with Crippen LogP contribution in [0.1, 0.15) is 24.1 Å². The molecule has 1 aromatic carbocycles. The SMILES string of the molecule is NC(=O)[C@@H]1CCCN1C(=O)[C@H](Cc1cnc[nH]1)NC(=O)/C=C/c1ccc(O)c(O)c1. The maximum atomic E-state index is 13.1. The fourth-order valence-electron chi connectivity index (χ4n) is 3.38. The molecule has 2 heterocycles. The summed E-state index contributed by atoms with van der Waals surface area (Å²) in [4.78, 5) is 45.4. The molecule has 10 heteroatoms. The number of carbonyl (C=O) groups is 3. The van der Waals surface area contributed by atoms with E-state index in [2.05, 4.69) is 15.3 Å². The van der Waals surface area contributed by atoms with Crippen molar-refractivity contribution in [2.45, 2.75) is 31.3 Å². The zero-order valence-corrected chi connectivity index (χ0v) is 16.1. The molecule has 0 bridgehead atoms. The van der Waals surface area contributed by atoms with Gasteiger partial charge in [0.05, 0.1) is 6.33 Å². The van der Waals surface area contributed by atoms with Gasteiger partial charge < -0.3 is 31.1 Å². The molecule has 0 aliphatic carbocycles. The topological polar surface area (TPSA) is 162 Å². The van der Waals surface area contributed by atoms with Gasteiger partial charge in [-0.3, -0.25) is 14.4 Å². The third-order valence-electron chi connectivity index (χ3n) is 4.88. The number of benzene rings is 1. The molecular weight excluding hydrogens is 390 g/mol. The molecule has 0 saturated carbocycles. The molecule has 2 aromatic rings. The number of imidazole rings is 1. The number of phenolic OH excluding ortho intramolecular Hbond substituents is 2. The Kier molecular flexibility index (Phi) is 6.35. The number of H-pyrrole nitrogens is 1. The van der Waals surface area contributed by atoms with E-state index in [0.717, 1.165) is 0 Å². The number of primary amides is 1. The van der Waals surface area contributed by atoms with Gasteiger partial charge in [0.15, 0.2) is 11.5 Å². The minimum atomic E-state index is -0.921. The van der Waals surface area contributed by atoms with Crippen molar-refractivity contribution in [3.63, 3.8) is 0 Å². The number of nitrogens with two attached hydrogens (primary N) is 1. The fraction of sp³-hybridized carbons (Fsp3) is 0.300. The van der Waals surface area contributed by atoms with Gasteiger partial charge in [0.1, 0.15) is 12.1 Å². The lowest BCUT2D eigenvalue weighted by Gasteiger charge is -2.27. The van der Waals surface area contributed by atoms with Crippen molar-refractivity contribution >= 4 is 23.8 Å². The zero-order valence-electron chi connectivity index (χ0n) is 16.1. The third kappa shape index (κ3) is 4.96. The van der Waals surface area contributed by atoms with Crippen molar-refractivity contribution in [2.24, 2.45) is 5.73 Å². The predicted molar refractivity (Wildman–Crippen MR) is 107 cm³/mol. The van der Waals surface area contributed by atoms with Gasteiger partial charge in [-0.25, -0.2) is 4.98 Å². The lowest BCUT2D eigenvalue weighted by Crippen LogP contribution is -2.53. The lowest BCUT2D eigenvalue weighted by atomic mass is 10.1. The Labute approximate surface area is 172 Å². The maximum absolute atomic E-state index is 13.1. The zero-order chi connectivity index (χ0) is 21.7. The van der Waals surface area contributed by atoms with E-state index in [4.69, 9.17) is 5.73 Å². The smallest absolute Gasteiger partial charge is 0.246 e. The molecule has 10 nitrogen and oxygen atoms in total. The number of phenols is 2. The summed E-state index contributed by atoms with van der Waals surface area (Å²) < 4.78 is 0. The van der Waals surface area contributed by atoms with Crippen LogP contribution in [-0.4, -0.2) is 61.4 Å². The minimum Gasteiger partial charge on any atom is -0.504 e. The molecule has 0 radical (unpaired) electrons. The van der Waals surface area contributed by atoms with Crippen molar-refractivity contribution in [2.75, 3.05) is 6.54 Å². The summed E-state index contributed by atoms with van der Waals surface area (Å²) in [6.45, 7) is 0.393. The molecule has 158 valence electrons. The van der Waals surface area contributed by atoms with Gasteiger partial charge in [0.2, 0.25) is 17.7 Å². The van der Waals surface area contributed by atoms with E-state index in [1.165, 1.54) is 41.6 Å². The van der Waals surface area contributed by atoms with Crippen molar-refractivity contribution in [3.8, 4) is 11.5 Å². The van der Waals surface area contributed by atoms with Crippen molar-refractivity contribution in [1.29, 1.82) is 0 Å². The molecule has 6 N–H and O–H groups in total. The van der Waals surface area contributed by atoms with Gasteiger partial charge in [-0.05, 0) is 36.6 Å². The van der Waals surface area contributed by atoms with E-state index >= 15 is 0 Å². The summed E-state index contributed by atoms with van der Waals surface area (Å²) >= 11 is 0. The first-order valence-corrected chi connectivity index (χ1v) is 9.42. The number of nitrogens with zero attached hydrogens (tertiary/aromatic N) is 2. The van der Waals surface area contributed by atoms with Gasteiger partial charge in [0.25, 0.3) is 0 Å². The van der Waals surface area contributed by atoms with Crippen LogP contribution in [0.2, 0.25) is 0 Å². The van der Waals surface area contributed by atoms with Gasteiger partial charge in [-0.1, -0.05) is 6.07 Å². The van der Waals surface area contributed by atoms with Crippen LogP contribution in [-0.2, 0) is 20.8 Å². The fourth-order valence-corrected chi connectivity index (χ4v) is 3.38.